The summed E-state index contributed by atoms with van der Waals surface area (Å²) in [5.41, 5.74) is 2.66. The fourth-order valence-electron chi connectivity index (χ4n) is 3.09. The zero-order chi connectivity index (χ0) is 23.9. The average molecular weight is 486 g/mol. The van der Waals surface area contributed by atoms with Crippen LogP contribution in [0.3, 0.4) is 0 Å². The number of aromatic nitrogens is 1. The van der Waals surface area contributed by atoms with Gasteiger partial charge in [0.05, 0.1) is 16.5 Å². The fourth-order valence-corrected chi connectivity index (χ4v) is 4.11. The van der Waals surface area contributed by atoms with Crippen LogP contribution in [0.25, 0.3) is 11.3 Å². The number of nitrogens with one attached hydrogen (secondary N) is 1. The largest absolute Gasteiger partial charge is 0.457 e. The van der Waals surface area contributed by atoms with E-state index in [0.717, 1.165) is 11.3 Å². The van der Waals surface area contributed by atoms with Crippen molar-refractivity contribution >= 4 is 35.0 Å². The van der Waals surface area contributed by atoms with Gasteiger partial charge >= 0.3 is 0 Å². The number of carbonyl (C=O) groups excluding carboxylic acids is 1. The minimum atomic E-state index is -0.472. The second kappa shape index (κ2) is 10.9. The SMILES string of the molecule is CC(Sc1nc(-c2ccc(Cl)cc2)ccc1C#N)C(=O)Nc1ccc(Oc2ccccc2)cc1. The summed E-state index contributed by atoms with van der Waals surface area (Å²) in [6.07, 6.45) is 0. The number of para-hydroxylation sites is 1. The molecule has 4 aromatic rings. The first kappa shape index (κ1) is 23.4. The quantitative estimate of drug-likeness (QED) is 0.280. The van der Waals surface area contributed by atoms with Crippen LogP contribution in [0, 0.1) is 11.3 Å². The van der Waals surface area contributed by atoms with Crippen LogP contribution in [0.1, 0.15) is 12.5 Å². The van der Waals surface area contributed by atoms with E-state index in [0.29, 0.717) is 32.7 Å². The van der Waals surface area contributed by atoms with Crippen molar-refractivity contribution in [2.75, 3.05) is 5.32 Å². The van der Waals surface area contributed by atoms with Crippen molar-refractivity contribution < 1.29 is 9.53 Å². The van der Waals surface area contributed by atoms with Crippen LogP contribution in [0.5, 0.6) is 11.5 Å². The summed E-state index contributed by atoms with van der Waals surface area (Å²) in [7, 11) is 0. The molecule has 0 fully saturated rings. The first-order valence-corrected chi connectivity index (χ1v) is 11.7. The van der Waals surface area contributed by atoms with E-state index >= 15 is 0 Å². The number of thioether (sulfide) groups is 1. The summed E-state index contributed by atoms with van der Waals surface area (Å²) >= 11 is 7.22. The molecule has 168 valence electrons. The van der Waals surface area contributed by atoms with Crippen molar-refractivity contribution in [3.05, 3.63) is 102 Å². The van der Waals surface area contributed by atoms with Crippen LogP contribution in [-0.4, -0.2) is 16.1 Å². The van der Waals surface area contributed by atoms with Gasteiger partial charge in [0, 0.05) is 16.3 Å². The number of halogens is 1. The topological polar surface area (TPSA) is 75.0 Å². The number of pyridine rings is 1. The zero-order valence-electron chi connectivity index (χ0n) is 18.2. The molecule has 34 heavy (non-hydrogen) atoms. The Morgan fingerprint density at radius 1 is 0.971 bits per heavy atom. The lowest BCUT2D eigenvalue weighted by molar-refractivity contribution is -0.115. The molecule has 3 aromatic carbocycles. The van der Waals surface area contributed by atoms with Crippen LogP contribution in [-0.2, 0) is 4.79 Å². The molecule has 0 bridgehead atoms. The summed E-state index contributed by atoms with van der Waals surface area (Å²) in [5.74, 6) is 1.23. The van der Waals surface area contributed by atoms with Crippen LogP contribution < -0.4 is 10.1 Å². The third-order valence-electron chi connectivity index (χ3n) is 4.88. The Kier molecular flexibility index (Phi) is 7.48. The van der Waals surface area contributed by atoms with Gasteiger partial charge in [-0.1, -0.05) is 53.7 Å². The number of hydrogen-bond donors (Lipinski definition) is 1. The van der Waals surface area contributed by atoms with Gasteiger partial charge in [-0.25, -0.2) is 4.98 Å². The van der Waals surface area contributed by atoms with Gasteiger partial charge in [0.1, 0.15) is 22.6 Å². The summed E-state index contributed by atoms with van der Waals surface area (Å²) < 4.78 is 5.78. The van der Waals surface area contributed by atoms with Crippen LogP contribution in [0.15, 0.2) is 96.0 Å². The lowest BCUT2D eigenvalue weighted by Crippen LogP contribution is -2.22. The van der Waals surface area contributed by atoms with Crippen molar-refractivity contribution in [3.8, 4) is 28.8 Å². The van der Waals surface area contributed by atoms with Crippen LogP contribution in [0.2, 0.25) is 5.02 Å². The molecular weight excluding hydrogens is 466 g/mol. The lowest BCUT2D eigenvalue weighted by atomic mass is 10.1. The van der Waals surface area contributed by atoms with Gasteiger partial charge in [-0.15, -0.1) is 0 Å². The molecule has 0 aliphatic carbocycles. The number of nitrogens with zero attached hydrogens (tertiary/aromatic N) is 2. The van der Waals surface area contributed by atoms with E-state index in [4.69, 9.17) is 16.3 Å². The summed E-state index contributed by atoms with van der Waals surface area (Å²) in [6, 6.07) is 29.6. The van der Waals surface area contributed by atoms with E-state index in [9.17, 15) is 10.1 Å². The predicted octanol–water partition coefficient (Wildman–Crippen LogP) is 7.19. The first-order valence-electron chi connectivity index (χ1n) is 10.5. The van der Waals surface area contributed by atoms with E-state index < -0.39 is 5.25 Å². The molecule has 4 rings (SSSR count). The molecule has 0 radical (unpaired) electrons. The van der Waals surface area contributed by atoms with Crippen molar-refractivity contribution in [2.45, 2.75) is 17.2 Å². The summed E-state index contributed by atoms with van der Waals surface area (Å²) in [5, 5.41) is 13.1. The molecule has 1 aromatic heterocycles. The molecule has 5 nitrogen and oxygen atoms in total. The van der Waals surface area contributed by atoms with E-state index in [-0.39, 0.29) is 5.91 Å². The molecule has 0 saturated heterocycles. The first-order chi connectivity index (χ1) is 16.5. The molecule has 0 aliphatic rings. The number of hydrogen-bond acceptors (Lipinski definition) is 5. The average Bonchev–Trinajstić information content (AvgIpc) is 2.86. The van der Waals surface area contributed by atoms with Crippen molar-refractivity contribution in [3.63, 3.8) is 0 Å². The van der Waals surface area contributed by atoms with Gasteiger partial charge in [0.2, 0.25) is 5.91 Å². The van der Waals surface area contributed by atoms with Gasteiger partial charge in [0.15, 0.2) is 0 Å². The minimum Gasteiger partial charge on any atom is -0.457 e. The van der Waals surface area contributed by atoms with Gasteiger partial charge in [-0.2, -0.15) is 5.26 Å². The molecule has 1 atom stereocenters. The van der Waals surface area contributed by atoms with Gasteiger partial charge in [-0.3, -0.25) is 4.79 Å². The number of benzene rings is 3. The number of rotatable bonds is 7. The highest BCUT2D eigenvalue weighted by molar-refractivity contribution is 8.00. The highest BCUT2D eigenvalue weighted by atomic mass is 35.5. The highest BCUT2D eigenvalue weighted by Crippen LogP contribution is 2.30. The van der Waals surface area contributed by atoms with Crippen LogP contribution in [0.4, 0.5) is 5.69 Å². The van der Waals surface area contributed by atoms with Gasteiger partial charge in [0.25, 0.3) is 0 Å². The monoisotopic (exact) mass is 485 g/mol. The standard InChI is InChI=1S/C27H20ClN3O2S/c1-18(26(32)30-22-12-14-24(15-13-22)33-23-5-3-2-4-6-23)34-27-20(17-29)9-16-25(31-27)19-7-10-21(28)11-8-19/h2-16,18H,1H3,(H,30,32). The fraction of sp³-hybridized carbons (Fsp3) is 0.0741. The molecule has 1 heterocycles. The molecule has 1 N–H and O–H groups in total. The van der Waals surface area contributed by atoms with E-state index in [1.54, 1.807) is 55.5 Å². The zero-order valence-corrected chi connectivity index (χ0v) is 19.8. The highest BCUT2D eigenvalue weighted by Gasteiger charge is 2.18. The number of nitriles is 1. The Hall–Kier alpha value is -3.79. The second-order valence-corrected chi connectivity index (χ2v) is 9.12. The second-order valence-electron chi connectivity index (χ2n) is 7.36. The number of amides is 1. The Labute approximate surface area is 207 Å². The maximum Gasteiger partial charge on any atom is 0.237 e. The van der Waals surface area contributed by atoms with E-state index in [1.165, 1.54) is 11.8 Å². The van der Waals surface area contributed by atoms with E-state index in [1.807, 2.05) is 42.5 Å². The minimum absolute atomic E-state index is 0.190. The van der Waals surface area contributed by atoms with Crippen molar-refractivity contribution in [2.24, 2.45) is 0 Å². The number of carbonyl (C=O) groups is 1. The Morgan fingerprint density at radius 3 is 2.32 bits per heavy atom. The van der Waals surface area contributed by atoms with Crippen molar-refractivity contribution in [1.82, 2.24) is 4.98 Å². The molecular formula is C27H20ClN3O2S. The third-order valence-corrected chi connectivity index (χ3v) is 6.23. The molecule has 0 aliphatic heterocycles. The van der Waals surface area contributed by atoms with Gasteiger partial charge < -0.3 is 10.1 Å². The Bertz CT molecular complexity index is 1320. The smallest absolute Gasteiger partial charge is 0.237 e. The summed E-state index contributed by atoms with van der Waals surface area (Å²) in [6.45, 7) is 1.78. The lowest BCUT2D eigenvalue weighted by Gasteiger charge is -2.14. The maximum atomic E-state index is 12.8. The van der Waals surface area contributed by atoms with Gasteiger partial charge in [-0.05, 0) is 67.6 Å². The summed E-state index contributed by atoms with van der Waals surface area (Å²) in [4.78, 5) is 17.4. The number of ether oxygens (including phenoxy) is 1. The third kappa shape index (κ3) is 5.96. The van der Waals surface area contributed by atoms with E-state index in [2.05, 4.69) is 16.4 Å². The Morgan fingerprint density at radius 2 is 1.65 bits per heavy atom. The molecule has 0 spiro atoms. The maximum absolute atomic E-state index is 12.8. The molecule has 1 unspecified atom stereocenters. The predicted molar refractivity (Wildman–Crippen MR) is 136 cm³/mol. The molecule has 1 amide bonds. The number of anilines is 1. The molecule has 7 heteroatoms. The normalized spacial score (nSPS) is 11.3. The Balaban J connectivity index is 1.42. The molecule has 0 saturated carbocycles. The van der Waals surface area contributed by atoms with Crippen molar-refractivity contribution in [1.29, 1.82) is 5.26 Å². The van der Waals surface area contributed by atoms with Crippen LogP contribution >= 0.6 is 23.4 Å².